The minimum Gasteiger partial charge on any atom is -0.371 e. The molecule has 2 heterocycles. The number of hydrogen-bond acceptors (Lipinski definition) is 3. The number of hydrogen-bond donors (Lipinski definition) is 2. The lowest BCUT2D eigenvalue weighted by Crippen LogP contribution is -2.32. The zero-order valence-corrected chi connectivity index (χ0v) is 14.8. The van der Waals surface area contributed by atoms with E-state index in [1.54, 1.807) is 0 Å². The monoisotopic (exact) mass is 349 g/mol. The fourth-order valence-corrected chi connectivity index (χ4v) is 3.88. The maximum absolute atomic E-state index is 12.7. The van der Waals surface area contributed by atoms with E-state index in [9.17, 15) is 9.59 Å². The third kappa shape index (κ3) is 3.29. The molecule has 5 nitrogen and oxygen atoms in total. The molecule has 26 heavy (non-hydrogen) atoms. The van der Waals surface area contributed by atoms with Crippen LogP contribution in [0.3, 0.4) is 0 Å². The molecule has 2 aromatic rings. The van der Waals surface area contributed by atoms with Gasteiger partial charge in [-0.1, -0.05) is 24.3 Å². The number of anilines is 2. The van der Waals surface area contributed by atoms with Crippen LogP contribution in [0, 0.1) is 0 Å². The molecule has 2 amide bonds. The predicted octanol–water partition coefficient (Wildman–Crippen LogP) is 2.75. The first-order valence-corrected chi connectivity index (χ1v) is 9.25. The van der Waals surface area contributed by atoms with E-state index in [0.717, 1.165) is 42.0 Å². The maximum atomic E-state index is 12.7. The third-order valence-electron chi connectivity index (χ3n) is 5.14. The van der Waals surface area contributed by atoms with Crippen molar-refractivity contribution in [2.75, 3.05) is 29.9 Å². The lowest BCUT2D eigenvalue weighted by molar-refractivity contribution is -0.115. The second-order valence-corrected chi connectivity index (χ2v) is 6.89. The number of carbonyl (C=O) groups is 2. The number of carbonyl (C=O) groups excluding carboxylic acids is 2. The van der Waals surface area contributed by atoms with Crippen LogP contribution in [0.4, 0.5) is 11.4 Å². The summed E-state index contributed by atoms with van der Waals surface area (Å²) in [7, 11) is 0. The van der Waals surface area contributed by atoms with Gasteiger partial charge >= 0.3 is 0 Å². The maximum Gasteiger partial charge on any atom is 0.251 e. The topological polar surface area (TPSA) is 61.4 Å². The van der Waals surface area contributed by atoms with Gasteiger partial charge in [-0.15, -0.1) is 0 Å². The van der Waals surface area contributed by atoms with E-state index in [4.69, 9.17) is 0 Å². The summed E-state index contributed by atoms with van der Waals surface area (Å²) in [6.45, 7) is 2.72. The largest absolute Gasteiger partial charge is 0.371 e. The Balaban J connectivity index is 1.52. The van der Waals surface area contributed by atoms with E-state index in [1.807, 2.05) is 36.4 Å². The lowest BCUT2D eigenvalue weighted by Gasteiger charge is -2.22. The van der Waals surface area contributed by atoms with Crippen molar-refractivity contribution in [2.24, 2.45) is 0 Å². The minimum atomic E-state index is -0.0678. The summed E-state index contributed by atoms with van der Waals surface area (Å²) in [6, 6.07) is 13.6. The summed E-state index contributed by atoms with van der Waals surface area (Å²) in [5, 5.41) is 5.86. The van der Waals surface area contributed by atoms with Crippen molar-refractivity contribution in [3.8, 4) is 0 Å². The molecule has 0 bridgehead atoms. The molecule has 0 aromatic heterocycles. The average molecular weight is 349 g/mol. The zero-order valence-electron chi connectivity index (χ0n) is 14.8. The number of amides is 2. The second-order valence-electron chi connectivity index (χ2n) is 6.89. The molecule has 0 saturated carbocycles. The number of fused-ring (bicyclic) bond motifs is 1. The van der Waals surface area contributed by atoms with E-state index in [0.29, 0.717) is 18.5 Å². The molecule has 2 aliphatic rings. The van der Waals surface area contributed by atoms with Crippen LogP contribution in [0.15, 0.2) is 42.5 Å². The van der Waals surface area contributed by atoms with Crippen LogP contribution >= 0.6 is 0 Å². The molecule has 1 fully saturated rings. The molecule has 5 heteroatoms. The van der Waals surface area contributed by atoms with Crippen molar-refractivity contribution >= 4 is 23.2 Å². The minimum absolute atomic E-state index is 0.0453. The molecule has 2 aromatic carbocycles. The fourth-order valence-electron chi connectivity index (χ4n) is 3.88. The van der Waals surface area contributed by atoms with Gasteiger partial charge in [-0.05, 0) is 48.6 Å². The molecule has 0 radical (unpaired) electrons. The van der Waals surface area contributed by atoms with Crippen LogP contribution in [-0.2, 0) is 17.6 Å². The molecule has 0 unspecified atom stereocenters. The Hall–Kier alpha value is -2.82. The third-order valence-corrected chi connectivity index (χ3v) is 5.14. The number of para-hydroxylation sites is 1. The van der Waals surface area contributed by atoms with Crippen LogP contribution in [-0.4, -0.2) is 31.4 Å². The Bertz CT molecular complexity index is 841. The first kappa shape index (κ1) is 16.6. The van der Waals surface area contributed by atoms with Crippen LogP contribution in [0.5, 0.6) is 0 Å². The van der Waals surface area contributed by atoms with Crippen molar-refractivity contribution < 1.29 is 9.59 Å². The fraction of sp³-hybridized carbons (Fsp3) is 0.333. The predicted molar refractivity (Wildman–Crippen MR) is 103 cm³/mol. The highest BCUT2D eigenvalue weighted by atomic mass is 16.2. The Kier molecular flexibility index (Phi) is 4.61. The summed E-state index contributed by atoms with van der Waals surface area (Å²) < 4.78 is 0. The highest BCUT2D eigenvalue weighted by Crippen LogP contribution is 2.26. The Labute approximate surface area is 153 Å². The molecule has 0 spiro atoms. The number of nitrogens with zero attached hydrogens (tertiary/aromatic N) is 1. The molecule has 0 aliphatic carbocycles. The zero-order chi connectivity index (χ0) is 17.9. The molecule has 1 saturated heterocycles. The normalized spacial score (nSPS) is 16.2. The van der Waals surface area contributed by atoms with Gasteiger partial charge in [0, 0.05) is 36.6 Å². The Morgan fingerprint density at radius 2 is 1.88 bits per heavy atom. The number of rotatable bonds is 4. The van der Waals surface area contributed by atoms with E-state index in [-0.39, 0.29) is 11.8 Å². The van der Waals surface area contributed by atoms with Gasteiger partial charge in [0.25, 0.3) is 5.91 Å². The highest BCUT2D eigenvalue weighted by molar-refractivity contribution is 6.00. The molecule has 2 N–H and O–H groups in total. The highest BCUT2D eigenvalue weighted by Gasteiger charge is 2.21. The molecular formula is C21H23N3O2. The second kappa shape index (κ2) is 7.20. The van der Waals surface area contributed by atoms with Gasteiger partial charge in [0.05, 0.1) is 6.42 Å². The van der Waals surface area contributed by atoms with E-state index < -0.39 is 0 Å². The smallest absolute Gasteiger partial charge is 0.251 e. The summed E-state index contributed by atoms with van der Waals surface area (Å²) in [5.41, 5.74) is 4.55. The van der Waals surface area contributed by atoms with Gasteiger partial charge < -0.3 is 15.5 Å². The van der Waals surface area contributed by atoms with E-state index in [1.165, 1.54) is 12.8 Å². The standard InChI is InChI=1S/C21H23N3O2/c25-20(14-15-6-1-2-9-19(15)24-12-3-4-13-24)23-18-8-5-7-17-16(18)10-11-22-21(17)26/h1-2,5-9H,3-4,10-14H2,(H,22,26)(H,23,25). The Morgan fingerprint density at radius 1 is 1.08 bits per heavy atom. The molecular weight excluding hydrogens is 326 g/mol. The summed E-state index contributed by atoms with van der Waals surface area (Å²) in [5.74, 6) is -0.113. The van der Waals surface area contributed by atoms with Crippen LogP contribution in [0.1, 0.15) is 34.3 Å². The van der Waals surface area contributed by atoms with Crippen molar-refractivity contribution in [3.63, 3.8) is 0 Å². The first-order valence-electron chi connectivity index (χ1n) is 9.25. The van der Waals surface area contributed by atoms with Gasteiger partial charge in [0.15, 0.2) is 0 Å². The molecule has 134 valence electrons. The quantitative estimate of drug-likeness (QED) is 0.892. The summed E-state index contributed by atoms with van der Waals surface area (Å²) in [6.07, 6.45) is 3.49. The number of benzene rings is 2. The van der Waals surface area contributed by atoms with Gasteiger partial charge in [0.2, 0.25) is 5.91 Å². The summed E-state index contributed by atoms with van der Waals surface area (Å²) in [4.78, 5) is 27.0. The van der Waals surface area contributed by atoms with Crippen LogP contribution in [0.25, 0.3) is 0 Å². The van der Waals surface area contributed by atoms with Gasteiger partial charge in [0.1, 0.15) is 0 Å². The molecule has 4 rings (SSSR count). The van der Waals surface area contributed by atoms with Gasteiger partial charge in [-0.2, -0.15) is 0 Å². The average Bonchev–Trinajstić information content (AvgIpc) is 3.17. The molecule has 2 aliphatic heterocycles. The van der Waals surface area contributed by atoms with Gasteiger partial charge in [-0.3, -0.25) is 9.59 Å². The lowest BCUT2D eigenvalue weighted by atomic mass is 9.98. The number of nitrogens with one attached hydrogen (secondary N) is 2. The van der Waals surface area contributed by atoms with E-state index in [2.05, 4.69) is 21.6 Å². The molecule has 0 atom stereocenters. The van der Waals surface area contributed by atoms with Crippen LogP contribution < -0.4 is 15.5 Å². The van der Waals surface area contributed by atoms with Crippen molar-refractivity contribution in [1.82, 2.24) is 5.32 Å². The Morgan fingerprint density at radius 3 is 2.73 bits per heavy atom. The van der Waals surface area contributed by atoms with E-state index >= 15 is 0 Å². The SMILES string of the molecule is O=C(Cc1ccccc1N1CCCC1)Nc1cccc2c1CCNC2=O. The first-order chi connectivity index (χ1) is 12.7. The van der Waals surface area contributed by atoms with Gasteiger partial charge in [-0.25, -0.2) is 0 Å². The summed E-state index contributed by atoms with van der Waals surface area (Å²) >= 11 is 0. The van der Waals surface area contributed by atoms with Crippen molar-refractivity contribution in [2.45, 2.75) is 25.7 Å². The van der Waals surface area contributed by atoms with Crippen molar-refractivity contribution in [3.05, 3.63) is 59.2 Å². The van der Waals surface area contributed by atoms with Crippen LogP contribution in [0.2, 0.25) is 0 Å². The van der Waals surface area contributed by atoms with Crippen molar-refractivity contribution in [1.29, 1.82) is 0 Å².